The van der Waals surface area contributed by atoms with Gasteiger partial charge in [-0.1, -0.05) is 8.80 Å². The molecule has 0 unspecified atom stereocenters. The first-order chi connectivity index (χ1) is 1.00. The van der Waals surface area contributed by atoms with E-state index in [0.717, 1.165) is 0 Å². The van der Waals surface area contributed by atoms with E-state index in [9.17, 15) is 0 Å². The van der Waals surface area contributed by atoms with Crippen molar-refractivity contribution in [2.75, 3.05) is 0 Å². The van der Waals surface area contributed by atoms with Gasteiger partial charge in [-0.05, 0) is 0 Å². The predicted molar refractivity (Wildman–Crippen MR) is 27.0 cm³/mol. The van der Waals surface area contributed by atoms with Gasteiger partial charge in [-0.25, -0.2) is 0 Å². The Kier molecular flexibility index (Phi) is 82.2. The molecule has 27 valence electrons. The molecule has 0 aliphatic carbocycles. The third-order valence-corrected chi connectivity index (χ3v) is 0. The smallest absolute Gasteiger partial charge is 0.0504 e. The van der Waals surface area contributed by atoms with Crippen molar-refractivity contribution in [2.24, 2.45) is 0 Å². The number of rotatable bonds is 0. The zero-order valence-electron chi connectivity index (χ0n) is 2.30. The molecule has 0 bridgehead atoms. The molecule has 0 rings (SSSR count). The molecule has 0 aromatic rings. The molecule has 0 saturated heterocycles. The van der Waals surface area contributed by atoms with Gasteiger partial charge in [-0.2, -0.15) is 0 Å². The number of hydrogen-bond acceptors (Lipinski definition) is 0. The van der Waals surface area contributed by atoms with Crippen molar-refractivity contribution < 1.29 is 17.1 Å². The Morgan fingerprint density at radius 3 is 1.25 bits per heavy atom. The van der Waals surface area contributed by atoms with Crippen LogP contribution in [0.4, 0.5) is 0 Å². The Balaban J connectivity index is -0.00000000500. The second-order valence-electron chi connectivity index (χ2n) is 0. The maximum Gasteiger partial charge on any atom is 0.316 e. The van der Waals surface area contributed by atoms with Crippen LogP contribution in [0.5, 0.6) is 0 Å². The summed E-state index contributed by atoms with van der Waals surface area (Å²) in [5.41, 5.74) is 0. The molecular formula is H7AlCuMgSi. The van der Waals surface area contributed by atoms with E-state index in [4.69, 9.17) is 0 Å². The standard InChI is InChI=1S/Al.Cu.Mg.H3Si.4H/h;;;1H3;;;;. The Bertz CT molecular complexity index is 8.00. The van der Waals surface area contributed by atoms with Crippen molar-refractivity contribution in [1.29, 1.82) is 0 Å². The topological polar surface area (TPSA) is 0 Å². The molecule has 1 radical (unpaired) electrons. The Morgan fingerprint density at radius 1 is 1.25 bits per heavy atom. The summed E-state index contributed by atoms with van der Waals surface area (Å²) < 4.78 is 0. The average molecular weight is 150 g/mol. The van der Waals surface area contributed by atoms with Gasteiger partial charge in [0.2, 0.25) is 0 Å². The molecule has 0 aliphatic heterocycles. The van der Waals surface area contributed by atoms with Crippen molar-refractivity contribution >= 4 is 47.5 Å². The first-order valence-electron chi connectivity index (χ1n) is 1.00. The molecule has 0 aliphatic rings. The van der Waals surface area contributed by atoms with E-state index in [-0.39, 0.29) is 40.1 Å². The minimum atomic E-state index is 0. The van der Waals surface area contributed by atoms with Gasteiger partial charge in [0, 0.05) is 17.1 Å². The molecule has 0 aromatic heterocycles. The van der Waals surface area contributed by atoms with Gasteiger partial charge < -0.3 is 0 Å². The first kappa shape index (κ1) is 16.6. The molecule has 4 heteroatoms. The van der Waals surface area contributed by atoms with Gasteiger partial charge in [-0.15, -0.1) is 0 Å². The van der Waals surface area contributed by atoms with E-state index < -0.39 is 0 Å². The molecule has 0 fully saturated rings. The van der Waals surface area contributed by atoms with Crippen molar-refractivity contribution in [2.45, 2.75) is 0 Å². The Morgan fingerprint density at radius 2 is 1.25 bits per heavy atom. The predicted octanol–water partition coefficient (Wildman–Crippen LogP) is -3.02. The van der Waals surface area contributed by atoms with E-state index in [1.165, 1.54) is 24.4 Å². The molecular weight excluding hydrogens is 143 g/mol. The fraction of sp³-hybridized carbons (Fsp3) is 0. The van der Waals surface area contributed by atoms with E-state index >= 15 is 0 Å². The van der Waals surface area contributed by atoms with E-state index in [1.54, 1.807) is 0 Å². The molecule has 0 atom stereocenters. The monoisotopic (exact) mass is 149 g/mol. The Hall–Kier alpha value is 2.04. The quantitative estimate of drug-likeness (QED) is 0.322. The van der Waals surface area contributed by atoms with Crippen LogP contribution in [0.1, 0.15) is 0 Å². The van der Waals surface area contributed by atoms with Crippen LogP contribution in [-0.2, 0) is 17.1 Å². The average Bonchev–Trinajstić information content (AvgIpc) is 1.00. The summed E-state index contributed by atoms with van der Waals surface area (Å²) in [4.78, 5) is 0. The van der Waals surface area contributed by atoms with Crippen LogP contribution in [-0.4, -0.2) is 47.5 Å². The summed E-state index contributed by atoms with van der Waals surface area (Å²) in [6.07, 6.45) is 0. The minimum Gasteiger partial charge on any atom is -0.0504 e. The Labute approximate surface area is 64.0 Å². The zero-order valence-corrected chi connectivity index (χ0v) is 7.24. The van der Waals surface area contributed by atoms with E-state index in [2.05, 4.69) is 0 Å². The van der Waals surface area contributed by atoms with Crippen LogP contribution in [0.2, 0.25) is 0 Å². The van der Waals surface area contributed by atoms with Crippen LogP contribution in [0.15, 0.2) is 0 Å². The van der Waals surface area contributed by atoms with Crippen molar-refractivity contribution in [1.82, 2.24) is 0 Å². The SMILES string of the molecule is [AlH2][SiH3].[Cu].[MgH2]. The summed E-state index contributed by atoms with van der Waals surface area (Å²) in [5.74, 6) is 0. The number of hydrogen-bond donors (Lipinski definition) is 0. The van der Waals surface area contributed by atoms with E-state index in [0.29, 0.717) is 0 Å². The first-order valence-corrected chi connectivity index (χ1v) is 9.00. The molecule has 0 heterocycles. The second kappa shape index (κ2) is 19.8. The van der Waals surface area contributed by atoms with Crippen LogP contribution >= 0.6 is 0 Å². The van der Waals surface area contributed by atoms with Crippen LogP contribution in [0.25, 0.3) is 0 Å². The zero-order chi connectivity index (χ0) is 2.00. The summed E-state index contributed by atoms with van der Waals surface area (Å²) in [7, 11) is 1.44. The molecule has 0 amide bonds. The fourth-order valence-electron chi connectivity index (χ4n) is 0. The molecule has 4 heavy (non-hydrogen) atoms. The van der Waals surface area contributed by atoms with Crippen molar-refractivity contribution in [3.63, 3.8) is 0 Å². The van der Waals surface area contributed by atoms with Gasteiger partial charge in [0.25, 0.3) is 0 Å². The van der Waals surface area contributed by atoms with Gasteiger partial charge in [0.15, 0.2) is 15.6 Å². The van der Waals surface area contributed by atoms with Gasteiger partial charge in [0.1, 0.15) is 0 Å². The molecule has 0 nitrogen and oxygen atoms in total. The van der Waals surface area contributed by atoms with Gasteiger partial charge in [-0.3, -0.25) is 0 Å². The summed E-state index contributed by atoms with van der Waals surface area (Å²) in [5, 5.41) is 0. The molecule has 0 spiro atoms. The van der Waals surface area contributed by atoms with Gasteiger partial charge in [0.05, 0.1) is 0 Å². The largest absolute Gasteiger partial charge is 0.316 e. The van der Waals surface area contributed by atoms with Crippen LogP contribution in [0.3, 0.4) is 0 Å². The third kappa shape index (κ3) is 8.97. The maximum atomic E-state index is 1.44. The summed E-state index contributed by atoms with van der Waals surface area (Å²) in [6.45, 7) is 0. The molecule has 0 saturated carbocycles. The van der Waals surface area contributed by atoms with Crippen molar-refractivity contribution in [3.8, 4) is 0 Å². The second-order valence-corrected chi connectivity index (χ2v) is 0. The fourth-order valence-corrected chi connectivity index (χ4v) is 0. The normalized spacial score (nSPS) is 2.00. The van der Waals surface area contributed by atoms with Crippen molar-refractivity contribution in [3.05, 3.63) is 0 Å². The summed E-state index contributed by atoms with van der Waals surface area (Å²) in [6, 6.07) is 0. The summed E-state index contributed by atoms with van der Waals surface area (Å²) >= 11 is 1.44. The van der Waals surface area contributed by atoms with Gasteiger partial charge >= 0.3 is 23.1 Å². The van der Waals surface area contributed by atoms with E-state index in [1.807, 2.05) is 0 Å². The molecule has 0 N–H and O–H groups in total. The third-order valence-electron chi connectivity index (χ3n) is 0. The molecule has 0 aromatic carbocycles. The maximum absolute atomic E-state index is 1.44. The van der Waals surface area contributed by atoms with Crippen LogP contribution in [0, 0.1) is 0 Å². The minimum absolute atomic E-state index is 0. The van der Waals surface area contributed by atoms with Crippen LogP contribution < -0.4 is 0 Å².